The van der Waals surface area contributed by atoms with Crippen molar-refractivity contribution in [2.24, 2.45) is 0 Å². The second-order valence-electron chi connectivity index (χ2n) is 6.32. The average molecular weight is 390 g/mol. The number of hydrogen-bond acceptors (Lipinski definition) is 4. The van der Waals surface area contributed by atoms with Crippen LogP contribution in [0.15, 0.2) is 41.8 Å². The maximum Gasteiger partial charge on any atom is 0.312 e. The van der Waals surface area contributed by atoms with Crippen molar-refractivity contribution in [1.82, 2.24) is 10.2 Å². The van der Waals surface area contributed by atoms with E-state index in [1.807, 2.05) is 0 Å². The van der Waals surface area contributed by atoms with Crippen LogP contribution in [-0.4, -0.2) is 46.9 Å². The molecule has 6 nitrogen and oxygen atoms in total. The van der Waals surface area contributed by atoms with E-state index in [4.69, 9.17) is 0 Å². The zero-order chi connectivity index (χ0) is 19.4. The summed E-state index contributed by atoms with van der Waals surface area (Å²) in [5, 5.41) is 13.9. The summed E-state index contributed by atoms with van der Waals surface area (Å²) in [6, 6.07) is 8.04. The summed E-state index contributed by atoms with van der Waals surface area (Å²) in [6.07, 6.45) is 1.26. The van der Waals surface area contributed by atoms with Crippen LogP contribution in [0.1, 0.15) is 34.0 Å². The third kappa shape index (κ3) is 4.33. The fourth-order valence-corrected chi connectivity index (χ4v) is 3.87. The van der Waals surface area contributed by atoms with Crippen LogP contribution in [0, 0.1) is 5.82 Å². The molecule has 1 aromatic carbocycles. The number of nitrogens with zero attached hydrogens (tertiary/aromatic N) is 1. The summed E-state index contributed by atoms with van der Waals surface area (Å²) in [5.41, 5.74) is 0.405. The van der Waals surface area contributed by atoms with Gasteiger partial charge in [-0.15, -0.1) is 11.3 Å². The Morgan fingerprint density at radius 3 is 2.63 bits per heavy atom. The molecule has 0 spiro atoms. The summed E-state index contributed by atoms with van der Waals surface area (Å²) in [7, 11) is 0. The maximum atomic E-state index is 13.1. The highest BCUT2D eigenvalue weighted by molar-refractivity contribution is 7.12. The van der Waals surface area contributed by atoms with E-state index in [0.29, 0.717) is 23.4 Å². The standard InChI is InChI=1S/C19H19FN2O4S/c20-13-7-5-12(6-8-13)14(19(25)26)11-21-17(23)15-3-1-9-22(15)18(24)16-4-2-10-27-16/h2,4-8,10,14-15H,1,3,9,11H2,(H,21,23)(H,25,26). The quantitative estimate of drug-likeness (QED) is 0.793. The second kappa shape index (κ2) is 8.30. The molecule has 0 aliphatic carbocycles. The lowest BCUT2D eigenvalue weighted by molar-refractivity contribution is -0.138. The van der Waals surface area contributed by atoms with E-state index in [9.17, 15) is 23.9 Å². The molecular formula is C19H19FN2O4S. The molecule has 2 unspecified atom stereocenters. The van der Waals surface area contributed by atoms with Crippen molar-refractivity contribution in [3.63, 3.8) is 0 Å². The number of amides is 2. The minimum Gasteiger partial charge on any atom is -0.481 e. The van der Waals surface area contributed by atoms with E-state index in [1.165, 1.54) is 40.5 Å². The van der Waals surface area contributed by atoms with Crippen LogP contribution < -0.4 is 5.32 Å². The van der Waals surface area contributed by atoms with Crippen LogP contribution in [0.2, 0.25) is 0 Å². The van der Waals surface area contributed by atoms with Gasteiger partial charge in [0.1, 0.15) is 11.9 Å². The molecular weight excluding hydrogens is 371 g/mol. The number of likely N-dealkylation sites (tertiary alicyclic amines) is 1. The van der Waals surface area contributed by atoms with Gasteiger partial charge in [0.2, 0.25) is 5.91 Å². The molecule has 1 fully saturated rings. The van der Waals surface area contributed by atoms with Crippen molar-refractivity contribution < 1.29 is 23.9 Å². The van der Waals surface area contributed by atoms with Crippen molar-refractivity contribution in [2.45, 2.75) is 24.8 Å². The first-order valence-corrected chi connectivity index (χ1v) is 9.46. The van der Waals surface area contributed by atoms with Crippen molar-refractivity contribution in [3.8, 4) is 0 Å². The van der Waals surface area contributed by atoms with Crippen molar-refractivity contribution >= 4 is 29.1 Å². The first-order chi connectivity index (χ1) is 13.0. The number of carbonyl (C=O) groups is 3. The highest BCUT2D eigenvalue weighted by Gasteiger charge is 2.35. The Bertz CT molecular complexity index is 823. The second-order valence-corrected chi connectivity index (χ2v) is 7.27. The average Bonchev–Trinajstić information content (AvgIpc) is 3.34. The Balaban J connectivity index is 1.65. The Morgan fingerprint density at radius 1 is 1.26 bits per heavy atom. The summed E-state index contributed by atoms with van der Waals surface area (Å²) >= 11 is 1.32. The molecule has 27 heavy (non-hydrogen) atoms. The fraction of sp³-hybridized carbons (Fsp3) is 0.316. The molecule has 0 bridgehead atoms. The maximum absolute atomic E-state index is 13.1. The first kappa shape index (κ1) is 19.0. The normalized spacial score (nSPS) is 17.5. The van der Waals surface area contributed by atoms with Gasteiger partial charge in [0, 0.05) is 13.1 Å². The van der Waals surface area contributed by atoms with Crippen LogP contribution in [0.5, 0.6) is 0 Å². The van der Waals surface area contributed by atoms with Gasteiger partial charge >= 0.3 is 5.97 Å². The predicted molar refractivity (Wildman–Crippen MR) is 98.2 cm³/mol. The molecule has 0 radical (unpaired) electrons. The Hall–Kier alpha value is -2.74. The molecule has 2 heterocycles. The van der Waals surface area contributed by atoms with Gasteiger partial charge in [-0.05, 0) is 42.0 Å². The van der Waals surface area contributed by atoms with E-state index in [0.717, 1.165) is 6.42 Å². The molecule has 2 amide bonds. The number of hydrogen-bond donors (Lipinski definition) is 2. The number of thiophene rings is 1. The number of carbonyl (C=O) groups excluding carboxylic acids is 2. The molecule has 3 rings (SSSR count). The minimum absolute atomic E-state index is 0.128. The predicted octanol–water partition coefficient (Wildman–Crippen LogP) is 2.48. The van der Waals surface area contributed by atoms with Crippen LogP contribution in [0.4, 0.5) is 4.39 Å². The van der Waals surface area contributed by atoms with E-state index in [2.05, 4.69) is 5.32 Å². The van der Waals surface area contributed by atoms with Gasteiger partial charge in [-0.2, -0.15) is 0 Å². The zero-order valence-corrected chi connectivity index (χ0v) is 15.2. The first-order valence-electron chi connectivity index (χ1n) is 8.58. The largest absolute Gasteiger partial charge is 0.481 e. The van der Waals surface area contributed by atoms with Crippen molar-refractivity contribution in [2.75, 3.05) is 13.1 Å². The number of carboxylic acids is 1. The zero-order valence-electron chi connectivity index (χ0n) is 14.4. The Morgan fingerprint density at radius 2 is 2.00 bits per heavy atom. The number of nitrogens with one attached hydrogen (secondary N) is 1. The lowest BCUT2D eigenvalue weighted by atomic mass is 9.99. The number of aliphatic carboxylic acids is 1. The lowest BCUT2D eigenvalue weighted by Gasteiger charge is -2.24. The van der Waals surface area contributed by atoms with Crippen LogP contribution in [-0.2, 0) is 9.59 Å². The fourth-order valence-electron chi connectivity index (χ4n) is 3.19. The van der Waals surface area contributed by atoms with Gasteiger partial charge in [0.25, 0.3) is 5.91 Å². The van der Waals surface area contributed by atoms with Crippen LogP contribution in [0.3, 0.4) is 0 Å². The van der Waals surface area contributed by atoms with Crippen molar-refractivity contribution in [3.05, 3.63) is 58.0 Å². The molecule has 1 aliphatic rings. The number of carboxylic acid groups (broad SMARTS) is 1. The van der Waals surface area contributed by atoms with E-state index < -0.39 is 23.7 Å². The third-order valence-corrected chi connectivity index (χ3v) is 5.46. The summed E-state index contributed by atoms with van der Waals surface area (Å²) in [6.45, 7) is 0.368. The SMILES string of the molecule is O=C(O)C(CNC(=O)C1CCCN1C(=O)c1cccs1)c1ccc(F)cc1. The molecule has 2 aromatic rings. The van der Waals surface area contributed by atoms with E-state index in [1.54, 1.807) is 17.5 Å². The van der Waals surface area contributed by atoms with Gasteiger partial charge < -0.3 is 15.3 Å². The van der Waals surface area contributed by atoms with E-state index in [-0.39, 0.29) is 18.4 Å². The molecule has 142 valence electrons. The molecule has 1 aromatic heterocycles. The number of rotatable bonds is 6. The smallest absolute Gasteiger partial charge is 0.312 e. The molecule has 8 heteroatoms. The Labute approximate surface area is 159 Å². The summed E-state index contributed by atoms with van der Waals surface area (Å²) in [4.78, 5) is 38.8. The van der Waals surface area contributed by atoms with Crippen LogP contribution >= 0.6 is 11.3 Å². The van der Waals surface area contributed by atoms with E-state index >= 15 is 0 Å². The monoisotopic (exact) mass is 390 g/mol. The van der Waals surface area contributed by atoms with Gasteiger partial charge in [-0.3, -0.25) is 14.4 Å². The molecule has 2 N–H and O–H groups in total. The minimum atomic E-state index is -1.11. The third-order valence-electron chi connectivity index (χ3n) is 4.60. The van der Waals surface area contributed by atoms with Gasteiger partial charge in [0.15, 0.2) is 0 Å². The van der Waals surface area contributed by atoms with Crippen LogP contribution in [0.25, 0.3) is 0 Å². The Kier molecular flexibility index (Phi) is 5.85. The molecule has 1 saturated heterocycles. The highest BCUT2D eigenvalue weighted by atomic mass is 32.1. The summed E-state index contributed by atoms with van der Waals surface area (Å²) < 4.78 is 13.1. The summed E-state index contributed by atoms with van der Waals surface area (Å²) in [5.74, 6) is -3.11. The number of benzene rings is 1. The molecule has 1 aliphatic heterocycles. The molecule has 0 saturated carbocycles. The molecule has 2 atom stereocenters. The van der Waals surface area contributed by atoms with Gasteiger partial charge in [-0.1, -0.05) is 18.2 Å². The van der Waals surface area contributed by atoms with Gasteiger partial charge in [-0.25, -0.2) is 4.39 Å². The van der Waals surface area contributed by atoms with Crippen molar-refractivity contribution in [1.29, 1.82) is 0 Å². The lowest BCUT2D eigenvalue weighted by Crippen LogP contribution is -2.47. The number of halogens is 1. The van der Waals surface area contributed by atoms with Gasteiger partial charge in [0.05, 0.1) is 10.8 Å². The highest BCUT2D eigenvalue weighted by Crippen LogP contribution is 2.23. The topological polar surface area (TPSA) is 86.7 Å².